The Morgan fingerprint density at radius 3 is 2.50 bits per heavy atom. The molecule has 0 radical (unpaired) electrons. The number of fused-ring (bicyclic) bond motifs is 2. The summed E-state index contributed by atoms with van der Waals surface area (Å²) in [6.45, 7) is 8.68. The zero-order valence-electron chi connectivity index (χ0n) is 23.0. The van der Waals surface area contributed by atoms with Gasteiger partial charge < -0.3 is 24.9 Å². The molecule has 40 heavy (non-hydrogen) atoms. The number of anilines is 5. The fourth-order valence-electron chi connectivity index (χ4n) is 5.81. The van der Waals surface area contributed by atoms with Crippen molar-refractivity contribution in [1.29, 1.82) is 0 Å². The van der Waals surface area contributed by atoms with Gasteiger partial charge in [0.25, 0.3) is 0 Å². The van der Waals surface area contributed by atoms with E-state index in [1.54, 1.807) is 16.8 Å². The molecule has 2 aromatic heterocycles. The number of carbonyl (C=O) groups is 2. The van der Waals surface area contributed by atoms with Crippen LogP contribution >= 0.6 is 0 Å². The molecule has 1 aromatic carbocycles. The molecule has 0 aliphatic carbocycles. The van der Waals surface area contributed by atoms with Crippen LogP contribution < -0.4 is 20.0 Å². The van der Waals surface area contributed by atoms with E-state index in [-0.39, 0.29) is 18.0 Å². The average molecular weight is 539 g/mol. The number of urea groups is 1. The normalized spacial score (nSPS) is 19.2. The van der Waals surface area contributed by atoms with Crippen LogP contribution in [0.4, 0.5) is 33.5 Å². The lowest BCUT2D eigenvalue weighted by Gasteiger charge is -2.43. The zero-order valence-corrected chi connectivity index (χ0v) is 23.0. The predicted octanol–water partition coefficient (Wildman–Crippen LogP) is 4.01. The van der Waals surface area contributed by atoms with E-state index < -0.39 is 0 Å². The van der Waals surface area contributed by atoms with Crippen molar-refractivity contribution in [3.05, 3.63) is 78.6 Å². The lowest BCUT2D eigenvalue weighted by atomic mass is 9.94. The van der Waals surface area contributed by atoms with Gasteiger partial charge in [0.05, 0.1) is 30.2 Å². The number of likely N-dealkylation sites (N-methyl/N-ethyl adjacent to an activating group) is 1. The maximum Gasteiger partial charge on any atom is 0.325 e. The van der Waals surface area contributed by atoms with Gasteiger partial charge >= 0.3 is 6.03 Å². The van der Waals surface area contributed by atoms with Crippen LogP contribution in [0.5, 0.6) is 0 Å². The highest BCUT2D eigenvalue weighted by Gasteiger charge is 2.38. The van der Waals surface area contributed by atoms with Crippen molar-refractivity contribution in [2.45, 2.75) is 19.0 Å². The largest absolute Gasteiger partial charge is 0.368 e. The second-order valence-corrected chi connectivity index (χ2v) is 10.5. The van der Waals surface area contributed by atoms with Gasteiger partial charge in [-0.3, -0.25) is 9.69 Å². The highest BCUT2D eigenvalue weighted by atomic mass is 16.2. The molecule has 1 atom stereocenters. The van der Waals surface area contributed by atoms with E-state index in [1.165, 1.54) is 6.08 Å². The smallest absolute Gasteiger partial charge is 0.325 e. The van der Waals surface area contributed by atoms with Crippen LogP contribution in [-0.2, 0) is 11.3 Å². The lowest BCUT2D eigenvalue weighted by Crippen LogP contribution is -2.49. The first-order valence-corrected chi connectivity index (χ1v) is 13.7. The Kier molecular flexibility index (Phi) is 6.85. The standard InChI is InChI=1S/C30H34N8O2/c1-4-29(39)37-12-11-25(23-7-5-6-8-24(23)37)38-20-21-18-31-28(17-26(21)35(3)30(38)40)33-27-10-9-22(19-32-27)36-15-13-34(2)14-16-36/h4-10,17-19,25H,1,11-16,20H2,2-3H3,(H,31,32,33). The number of rotatable bonds is 5. The van der Waals surface area contributed by atoms with E-state index >= 15 is 0 Å². The van der Waals surface area contributed by atoms with Crippen molar-refractivity contribution in [3.63, 3.8) is 0 Å². The fourth-order valence-corrected chi connectivity index (χ4v) is 5.81. The Bertz CT molecular complexity index is 1430. The summed E-state index contributed by atoms with van der Waals surface area (Å²) in [5, 5.41) is 3.29. The summed E-state index contributed by atoms with van der Waals surface area (Å²) >= 11 is 0. The second kappa shape index (κ2) is 10.6. The maximum absolute atomic E-state index is 13.6. The molecule has 206 valence electrons. The summed E-state index contributed by atoms with van der Waals surface area (Å²) in [6.07, 6.45) is 5.70. The van der Waals surface area contributed by atoms with E-state index in [9.17, 15) is 9.59 Å². The third-order valence-electron chi connectivity index (χ3n) is 8.10. The number of carbonyl (C=O) groups excluding carboxylic acids is 2. The minimum Gasteiger partial charge on any atom is -0.368 e. The summed E-state index contributed by atoms with van der Waals surface area (Å²) < 4.78 is 0. The molecule has 0 bridgehead atoms. The van der Waals surface area contributed by atoms with Gasteiger partial charge in [-0.25, -0.2) is 14.8 Å². The van der Waals surface area contributed by atoms with Gasteiger partial charge in [0.15, 0.2) is 0 Å². The van der Waals surface area contributed by atoms with Gasteiger partial charge in [0.1, 0.15) is 11.6 Å². The molecule has 0 spiro atoms. The molecule has 10 nitrogen and oxygen atoms in total. The van der Waals surface area contributed by atoms with Gasteiger partial charge in [0, 0.05) is 63.3 Å². The van der Waals surface area contributed by atoms with Crippen LogP contribution in [0.25, 0.3) is 0 Å². The molecule has 3 aliphatic rings. The number of hydrogen-bond acceptors (Lipinski definition) is 7. The van der Waals surface area contributed by atoms with Crippen molar-refractivity contribution in [3.8, 4) is 0 Å². The number of benzene rings is 1. The molecular weight excluding hydrogens is 504 g/mol. The van der Waals surface area contributed by atoms with Crippen molar-refractivity contribution in [2.24, 2.45) is 0 Å². The van der Waals surface area contributed by atoms with E-state index in [2.05, 4.69) is 44.8 Å². The van der Waals surface area contributed by atoms with Gasteiger partial charge in [0.2, 0.25) is 5.91 Å². The summed E-state index contributed by atoms with van der Waals surface area (Å²) in [5.41, 5.74) is 4.69. The van der Waals surface area contributed by atoms with Crippen LogP contribution in [0.3, 0.4) is 0 Å². The number of pyridine rings is 2. The highest BCUT2D eigenvalue weighted by molar-refractivity contribution is 6.02. The first-order chi connectivity index (χ1) is 19.4. The van der Waals surface area contributed by atoms with E-state index in [0.717, 1.165) is 54.4 Å². The van der Waals surface area contributed by atoms with Gasteiger partial charge in [-0.05, 0) is 43.3 Å². The van der Waals surface area contributed by atoms with Gasteiger partial charge in [-0.15, -0.1) is 0 Å². The average Bonchev–Trinajstić information content (AvgIpc) is 2.99. The van der Waals surface area contributed by atoms with Crippen LogP contribution in [0, 0.1) is 0 Å². The van der Waals surface area contributed by atoms with Crippen molar-refractivity contribution in [1.82, 2.24) is 19.8 Å². The molecule has 5 heterocycles. The summed E-state index contributed by atoms with van der Waals surface area (Å²) in [4.78, 5) is 45.3. The molecule has 0 saturated carbocycles. The van der Waals surface area contributed by atoms with Gasteiger partial charge in [-0.1, -0.05) is 24.8 Å². The number of nitrogens with one attached hydrogen (secondary N) is 1. The first kappa shape index (κ1) is 25.8. The summed E-state index contributed by atoms with van der Waals surface area (Å²) in [7, 11) is 3.94. The maximum atomic E-state index is 13.6. The molecule has 1 saturated heterocycles. The molecule has 3 aliphatic heterocycles. The Balaban J connectivity index is 1.19. The van der Waals surface area contributed by atoms with Gasteiger partial charge in [-0.2, -0.15) is 0 Å². The summed E-state index contributed by atoms with van der Waals surface area (Å²) in [5.74, 6) is 1.20. The van der Waals surface area contributed by atoms with Crippen LogP contribution in [-0.4, -0.2) is 78.5 Å². The lowest BCUT2D eigenvalue weighted by molar-refractivity contribution is -0.114. The Hall–Kier alpha value is -4.44. The monoisotopic (exact) mass is 538 g/mol. The minimum absolute atomic E-state index is 0.0809. The molecule has 3 aromatic rings. The number of hydrogen-bond donors (Lipinski definition) is 1. The number of aromatic nitrogens is 2. The SMILES string of the molecule is C=CC(=O)N1CCC(N2Cc3cnc(Nc4ccc(N5CCN(C)CC5)cn4)cc3N(C)C2=O)c2ccccc21. The Morgan fingerprint density at radius 1 is 0.975 bits per heavy atom. The molecule has 1 fully saturated rings. The van der Waals surface area contributed by atoms with E-state index in [0.29, 0.717) is 31.1 Å². The van der Waals surface area contributed by atoms with Crippen molar-refractivity contribution in [2.75, 3.05) is 66.8 Å². The summed E-state index contributed by atoms with van der Waals surface area (Å²) in [6, 6.07) is 13.5. The van der Waals surface area contributed by atoms with E-state index in [1.807, 2.05) is 53.7 Å². The van der Waals surface area contributed by atoms with Crippen LogP contribution in [0.1, 0.15) is 23.6 Å². The third kappa shape index (κ3) is 4.75. The highest BCUT2D eigenvalue weighted by Crippen LogP contribution is 2.41. The minimum atomic E-state index is -0.144. The van der Waals surface area contributed by atoms with E-state index in [4.69, 9.17) is 0 Å². The second-order valence-electron chi connectivity index (χ2n) is 10.5. The molecule has 1 N–H and O–H groups in total. The molecule has 10 heteroatoms. The number of amides is 3. The predicted molar refractivity (Wildman–Crippen MR) is 157 cm³/mol. The molecular formula is C30H34N8O2. The van der Waals surface area contributed by atoms with Crippen LogP contribution in [0.15, 0.2) is 67.5 Å². The quantitative estimate of drug-likeness (QED) is 0.491. The van der Waals surface area contributed by atoms with Crippen LogP contribution in [0.2, 0.25) is 0 Å². The topological polar surface area (TPSA) is 88.2 Å². The number of nitrogens with zero attached hydrogens (tertiary/aromatic N) is 7. The Morgan fingerprint density at radius 2 is 1.75 bits per heavy atom. The number of piperazine rings is 1. The zero-order chi connectivity index (χ0) is 27.8. The molecule has 6 rings (SSSR count). The first-order valence-electron chi connectivity index (χ1n) is 13.7. The van der Waals surface area contributed by atoms with Crippen molar-refractivity contribution < 1.29 is 9.59 Å². The third-order valence-corrected chi connectivity index (χ3v) is 8.10. The Labute approximate surface area is 234 Å². The molecule has 3 amide bonds. The number of para-hydroxylation sites is 1. The fraction of sp³-hybridized carbons (Fsp3) is 0.333. The molecule has 1 unspecified atom stereocenters. The van der Waals surface area contributed by atoms with Crippen molar-refractivity contribution >= 4 is 40.6 Å².